The number of carbonyl (C=O) groups is 2. The number of nitrogens with zero attached hydrogens (tertiary/aromatic N) is 2. The minimum Gasteiger partial charge on any atom is -0.493 e. The fourth-order valence-electron chi connectivity index (χ4n) is 2.77. The second-order valence-corrected chi connectivity index (χ2v) is 7.20. The van der Waals surface area contributed by atoms with E-state index in [1.165, 1.54) is 18.4 Å². The number of esters is 1. The number of para-hydroxylation sites is 2. The molecule has 7 nitrogen and oxygen atoms in total. The maximum atomic E-state index is 12.4. The zero-order valence-electron chi connectivity index (χ0n) is 16.5. The van der Waals surface area contributed by atoms with Gasteiger partial charge in [-0.2, -0.15) is 4.99 Å². The Morgan fingerprint density at radius 1 is 1.14 bits per heavy atom. The Morgan fingerprint density at radius 3 is 2.62 bits per heavy atom. The molecule has 1 amide bonds. The van der Waals surface area contributed by atoms with Crippen molar-refractivity contribution < 1.29 is 23.8 Å². The lowest BCUT2D eigenvalue weighted by molar-refractivity contribution is -0.143. The first-order valence-corrected chi connectivity index (χ1v) is 9.92. The summed E-state index contributed by atoms with van der Waals surface area (Å²) in [4.78, 5) is 29.1. The molecule has 3 aromatic rings. The van der Waals surface area contributed by atoms with Crippen LogP contribution >= 0.6 is 11.3 Å². The lowest BCUT2D eigenvalue weighted by Gasteiger charge is -2.08. The van der Waals surface area contributed by atoms with Crippen LogP contribution in [0, 0.1) is 6.92 Å². The number of hydrogen-bond donors (Lipinski definition) is 0. The summed E-state index contributed by atoms with van der Waals surface area (Å²) >= 11 is 1.34. The lowest BCUT2D eigenvalue weighted by atomic mass is 10.2. The van der Waals surface area contributed by atoms with Gasteiger partial charge in [-0.1, -0.05) is 29.5 Å². The van der Waals surface area contributed by atoms with E-state index in [4.69, 9.17) is 14.2 Å². The van der Waals surface area contributed by atoms with Crippen LogP contribution in [0.5, 0.6) is 11.5 Å². The molecular weight excluding hydrogens is 392 g/mol. The number of methoxy groups -OCH3 is 1. The topological polar surface area (TPSA) is 79.1 Å². The number of aromatic nitrogens is 1. The molecule has 8 heteroatoms. The Balaban J connectivity index is 1.89. The first-order chi connectivity index (χ1) is 14.0. The Hall–Kier alpha value is -3.13. The normalized spacial score (nSPS) is 11.5. The summed E-state index contributed by atoms with van der Waals surface area (Å²) in [6.07, 6.45) is 0. The summed E-state index contributed by atoms with van der Waals surface area (Å²) in [5.41, 5.74) is 1.91. The summed E-state index contributed by atoms with van der Waals surface area (Å²) in [6.45, 7) is 3.77. The number of aryl methyl sites for hydroxylation is 1. The number of ether oxygens (including phenoxy) is 3. The zero-order chi connectivity index (χ0) is 20.8. The van der Waals surface area contributed by atoms with Crippen LogP contribution in [0.25, 0.3) is 10.2 Å². The molecule has 0 saturated heterocycles. The highest BCUT2D eigenvalue weighted by molar-refractivity contribution is 7.16. The highest BCUT2D eigenvalue weighted by atomic mass is 32.1. The number of benzene rings is 2. The van der Waals surface area contributed by atoms with E-state index in [-0.39, 0.29) is 19.1 Å². The van der Waals surface area contributed by atoms with Crippen LogP contribution in [0.1, 0.15) is 12.5 Å². The third kappa shape index (κ3) is 5.03. The van der Waals surface area contributed by atoms with Crippen molar-refractivity contribution in [2.75, 3.05) is 20.3 Å². The quantitative estimate of drug-likeness (QED) is 0.555. The van der Waals surface area contributed by atoms with Gasteiger partial charge in [0.25, 0.3) is 5.91 Å². The number of thiazole rings is 1. The van der Waals surface area contributed by atoms with E-state index in [9.17, 15) is 9.59 Å². The van der Waals surface area contributed by atoms with E-state index >= 15 is 0 Å². The number of hydrogen-bond acceptors (Lipinski definition) is 6. The third-order valence-corrected chi connectivity index (χ3v) is 5.11. The van der Waals surface area contributed by atoms with Crippen molar-refractivity contribution >= 4 is 33.4 Å². The Labute approximate surface area is 172 Å². The van der Waals surface area contributed by atoms with E-state index in [1.807, 2.05) is 31.2 Å². The zero-order valence-corrected chi connectivity index (χ0v) is 17.3. The molecule has 0 aliphatic heterocycles. The fraction of sp³-hybridized carbons (Fsp3) is 0.286. The van der Waals surface area contributed by atoms with Crippen LogP contribution in [0.3, 0.4) is 0 Å². The number of carbonyl (C=O) groups excluding carboxylic acids is 2. The molecular formula is C21H22N2O5S. The van der Waals surface area contributed by atoms with Crippen LogP contribution in [0.15, 0.2) is 47.5 Å². The molecule has 0 atom stereocenters. The van der Waals surface area contributed by atoms with Gasteiger partial charge in [0.15, 0.2) is 22.9 Å². The predicted octanol–water partition coefficient (Wildman–Crippen LogP) is 3.09. The molecule has 1 aromatic heterocycles. The van der Waals surface area contributed by atoms with E-state index in [0.717, 1.165) is 15.8 Å². The van der Waals surface area contributed by atoms with Crippen molar-refractivity contribution in [3.05, 3.63) is 52.8 Å². The van der Waals surface area contributed by atoms with Gasteiger partial charge in [0.05, 0.1) is 23.9 Å². The molecule has 29 heavy (non-hydrogen) atoms. The minimum atomic E-state index is -0.461. The van der Waals surface area contributed by atoms with Crippen LogP contribution < -0.4 is 14.3 Å². The Bertz CT molecular complexity index is 1100. The van der Waals surface area contributed by atoms with Gasteiger partial charge in [-0.05, 0) is 43.7 Å². The highest BCUT2D eigenvalue weighted by Gasteiger charge is 2.13. The summed E-state index contributed by atoms with van der Waals surface area (Å²) in [5.74, 6) is 0.156. The molecule has 0 fully saturated rings. The number of fused-ring (bicyclic) bond motifs is 1. The lowest BCUT2D eigenvalue weighted by Crippen LogP contribution is -2.24. The number of amides is 1. The third-order valence-electron chi connectivity index (χ3n) is 4.07. The molecule has 0 radical (unpaired) electrons. The molecule has 0 aliphatic carbocycles. The van der Waals surface area contributed by atoms with Gasteiger partial charge in [0, 0.05) is 0 Å². The van der Waals surface area contributed by atoms with Gasteiger partial charge in [0.2, 0.25) is 0 Å². The molecule has 2 aromatic carbocycles. The summed E-state index contributed by atoms with van der Waals surface area (Å²) in [7, 11) is 1.53. The monoisotopic (exact) mass is 414 g/mol. The first kappa shape index (κ1) is 20.6. The van der Waals surface area contributed by atoms with Gasteiger partial charge in [0.1, 0.15) is 6.54 Å². The molecule has 0 saturated carbocycles. The van der Waals surface area contributed by atoms with Crippen molar-refractivity contribution in [2.45, 2.75) is 20.4 Å². The molecule has 0 N–H and O–H groups in total. The Morgan fingerprint density at radius 2 is 1.90 bits per heavy atom. The molecule has 1 heterocycles. The molecule has 0 bridgehead atoms. The Kier molecular flexibility index (Phi) is 6.66. The van der Waals surface area contributed by atoms with Crippen molar-refractivity contribution in [1.29, 1.82) is 0 Å². The van der Waals surface area contributed by atoms with E-state index < -0.39 is 5.91 Å². The molecule has 0 aliphatic rings. The fourth-order valence-corrected chi connectivity index (χ4v) is 3.92. The standard InChI is InChI=1S/C21H22N2O5S/c1-4-27-20(25)12-23-15-10-9-14(2)11-18(15)29-21(23)22-19(24)13-28-17-8-6-5-7-16(17)26-3/h5-11H,4,12-13H2,1-3H3. The molecule has 3 rings (SSSR count). The van der Waals surface area contributed by atoms with Crippen molar-refractivity contribution in [2.24, 2.45) is 4.99 Å². The molecule has 0 spiro atoms. The van der Waals surface area contributed by atoms with Crippen LogP contribution in [-0.2, 0) is 20.9 Å². The highest BCUT2D eigenvalue weighted by Crippen LogP contribution is 2.25. The first-order valence-electron chi connectivity index (χ1n) is 9.10. The smallest absolute Gasteiger partial charge is 0.326 e. The largest absolute Gasteiger partial charge is 0.493 e. The second kappa shape index (κ2) is 9.38. The van der Waals surface area contributed by atoms with Gasteiger partial charge in [-0.3, -0.25) is 9.59 Å². The van der Waals surface area contributed by atoms with E-state index in [0.29, 0.717) is 22.9 Å². The van der Waals surface area contributed by atoms with E-state index in [2.05, 4.69) is 4.99 Å². The average molecular weight is 414 g/mol. The van der Waals surface area contributed by atoms with Crippen molar-refractivity contribution in [3.8, 4) is 11.5 Å². The predicted molar refractivity (Wildman–Crippen MR) is 110 cm³/mol. The maximum Gasteiger partial charge on any atom is 0.326 e. The van der Waals surface area contributed by atoms with Gasteiger partial charge >= 0.3 is 5.97 Å². The van der Waals surface area contributed by atoms with Crippen molar-refractivity contribution in [1.82, 2.24) is 4.57 Å². The summed E-state index contributed by atoms with van der Waals surface area (Å²) < 4.78 is 18.5. The second-order valence-electron chi connectivity index (χ2n) is 6.19. The minimum absolute atomic E-state index is 0.0175. The summed E-state index contributed by atoms with van der Waals surface area (Å²) in [6, 6.07) is 12.9. The maximum absolute atomic E-state index is 12.4. The van der Waals surface area contributed by atoms with Gasteiger partial charge in [-0.15, -0.1) is 0 Å². The van der Waals surface area contributed by atoms with Crippen LogP contribution in [0.2, 0.25) is 0 Å². The molecule has 152 valence electrons. The average Bonchev–Trinajstić information content (AvgIpc) is 3.02. The summed E-state index contributed by atoms with van der Waals surface area (Å²) in [5, 5.41) is 0. The van der Waals surface area contributed by atoms with Crippen LogP contribution in [0.4, 0.5) is 0 Å². The van der Waals surface area contributed by atoms with Gasteiger partial charge in [-0.25, -0.2) is 0 Å². The molecule has 0 unspecified atom stereocenters. The van der Waals surface area contributed by atoms with Crippen LogP contribution in [-0.4, -0.2) is 36.8 Å². The SMILES string of the molecule is CCOC(=O)Cn1c(=NC(=O)COc2ccccc2OC)sc2cc(C)ccc21. The number of rotatable bonds is 7. The van der Waals surface area contributed by atoms with Crippen molar-refractivity contribution in [3.63, 3.8) is 0 Å². The van der Waals surface area contributed by atoms with E-state index in [1.54, 1.807) is 29.7 Å². The van der Waals surface area contributed by atoms with Gasteiger partial charge < -0.3 is 18.8 Å².